The summed E-state index contributed by atoms with van der Waals surface area (Å²) >= 11 is 0. The van der Waals surface area contributed by atoms with Gasteiger partial charge in [0.1, 0.15) is 0 Å². The monoisotopic (exact) mass is 434 g/mol. The van der Waals surface area contributed by atoms with Gasteiger partial charge in [0.05, 0.1) is 31.1 Å². The van der Waals surface area contributed by atoms with Crippen LogP contribution in [-0.4, -0.2) is 68.9 Å². The molecule has 1 saturated heterocycles. The molecule has 2 rings (SSSR count). The van der Waals surface area contributed by atoms with Crippen LogP contribution in [0.5, 0.6) is 0 Å². The first-order valence-corrected chi connectivity index (χ1v) is 11.1. The summed E-state index contributed by atoms with van der Waals surface area (Å²) < 4.78 is 31.6. The van der Waals surface area contributed by atoms with Crippen molar-refractivity contribution in [2.45, 2.75) is 38.8 Å². The van der Waals surface area contributed by atoms with Gasteiger partial charge in [0.15, 0.2) is 0 Å². The number of sulfonamides is 1. The minimum Gasteiger partial charge on any atom is -0.381 e. The third-order valence-electron chi connectivity index (χ3n) is 4.51. The molecule has 10 heteroatoms. The molecule has 0 saturated carbocycles. The third-order valence-corrected chi connectivity index (χ3v) is 5.80. The highest BCUT2D eigenvalue weighted by molar-refractivity contribution is 7.89. The fourth-order valence-corrected chi connectivity index (χ4v) is 3.88. The maximum Gasteiger partial charge on any atom is 0.238 e. The predicted octanol–water partition coefficient (Wildman–Crippen LogP) is 0.930. The van der Waals surface area contributed by atoms with Crippen molar-refractivity contribution in [2.75, 3.05) is 38.6 Å². The lowest BCUT2D eigenvalue weighted by Crippen LogP contribution is -2.46. The van der Waals surface area contributed by atoms with Crippen molar-refractivity contribution in [3.63, 3.8) is 0 Å². The fourth-order valence-electron chi connectivity index (χ4n) is 3.06. The Morgan fingerprint density at radius 2 is 2.18 bits per heavy atom. The largest absolute Gasteiger partial charge is 0.381 e. The van der Waals surface area contributed by atoms with Crippen LogP contribution in [0, 0.1) is 0 Å². The van der Waals surface area contributed by atoms with E-state index in [1.54, 1.807) is 18.0 Å². The number of ether oxygens (including phenoxy) is 1. The number of hydrogen-bond donors (Lipinski definition) is 2. The average molecular weight is 435 g/mol. The summed E-state index contributed by atoms with van der Waals surface area (Å²) in [5, 5.41) is 3.34. The van der Waals surface area contributed by atoms with Gasteiger partial charge in [-0.15, -0.1) is 12.4 Å². The van der Waals surface area contributed by atoms with Gasteiger partial charge in [-0.3, -0.25) is 9.78 Å². The van der Waals surface area contributed by atoms with E-state index < -0.39 is 10.0 Å². The molecule has 1 amide bonds. The molecule has 8 nitrogen and oxygen atoms in total. The zero-order valence-corrected chi connectivity index (χ0v) is 17.9. The van der Waals surface area contributed by atoms with E-state index in [1.165, 1.54) is 0 Å². The molecule has 0 bridgehead atoms. The minimum absolute atomic E-state index is 0. The number of rotatable bonds is 10. The maximum atomic E-state index is 12.9. The Morgan fingerprint density at radius 3 is 2.89 bits per heavy atom. The number of nitrogens with zero attached hydrogens (tertiary/aromatic N) is 2. The van der Waals surface area contributed by atoms with Crippen LogP contribution < -0.4 is 10.0 Å². The predicted molar refractivity (Wildman–Crippen MR) is 111 cm³/mol. The first-order valence-electron chi connectivity index (χ1n) is 9.47. The summed E-state index contributed by atoms with van der Waals surface area (Å²) in [6.45, 7) is 4.30. The molecule has 2 heterocycles. The van der Waals surface area contributed by atoms with Gasteiger partial charge in [0.25, 0.3) is 0 Å². The highest BCUT2D eigenvalue weighted by Crippen LogP contribution is 2.16. The number of nitrogens with one attached hydrogen (secondary N) is 2. The third kappa shape index (κ3) is 8.83. The summed E-state index contributed by atoms with van der Waals surface area (Å²) in [5.74, 6) is -0.380. The first-order chi connectivity index (χ1) is 13.0. The second-order valence-electron chi connectivity index (χ2n) is 6.51. The van der Waals surface area contributed by atoms with Crippen molar-refractivity contribution in [1.29, 1.82) is 0 Å². The molecule has 1 unspecified atom stereocenters. The molecule has 0 spiro atoms. The lowest BCUT2D eigenvalue weighted by molar-refractivity contribution is -0.133. The van der Waals surface area contributed by atoms with E-state index in [-0.39, 0.29) is 43.3 Å². The van der Waals surface area contributed by atoms with Crippen molar-refractivity contribution in [3.8, 4) is 0 Å². The number of halogens is 1. The summed E-state index contributed by atoms with van der Waals surface area (Å²) in [5.41, 5.74) is 0.794. The zero-order valence-electron chi connectivity index (χ0n) is 16.3. The van der Waals surface area contributed by atoms with Gasteiger partial charge < -0.3 is 15.0 Å². The maximum absolute atomic E-state index is 12.9. The number of hydrogen-bond acceptors (Lipinski definition) is 6. The van der Waals surface area contributed by atoms with E-state index in [2.05, 4.69) is 15.0 Å². The van der Waals surface area contributed by atoms with Crippen LogP contribution in [0.3, 0.4) is 0 Å². The summed E-state index contributed by atoms with van der Waals surface area (Å²) in [7, 11) is -3.54. The Bertz CT molecular complexity index is 667. The Kier molecular flexibility index (Phi) is 11.6. The topological polar surface area (TPSA) is 101 Å². The molecule has 1 aliphatic rings. The number of aromatic nitrogens is 1. The van der Waals surface area contributed by atoms with E-state index in [9.17, 15) is 13.2 Å². The Hall–Kier alpha value is -1.26. The van der Waals surface area contributed by atoms with Crippen LogP contribution in [0.15, 0.2) is 24.4 Å². The van der Waals surface area contributed by atoms with E-state index in [1.807, 2.05) is 18.2 Å². The number of pyridine rings is 1. The van der Waals surface area contributed by atoms with Gasteiger partial charge >= 0.3 is 0 Å². The van der Waals surface area contributed by atoms with Crippen molar-refractivity contribution < 1.29 is 17.9 Å². The van der Waals surface area contributed by atoms with Crippen molar-refractivity contribution in [1.82, 2.24) is 19.9 Å². The zero-order chi connectivity index (χ0) is 19.5. The minimum atomic E-state index is -3.54. The molecule has 0 aliphatic carbocycles. The van der Waals surface area contributed by atoms with Crippen LogP contribution in [0.2, 0.25) is 0 Å². The Labute approximate surface area is 173 Å². The molecule has 160 valence electrons. The van der Waals surface area contributed by atoms with Gasteiger partial charge in [-0.2, -0.15) is 0 Å². The molecule has 1 atom stereocenters. The first kappa shape index (κ1) is 24.8. The van der Waals surface area contributed by atoms with Crippen LogP contribution >= 0.6 is 12.4 Å². The smallest absolute Gasteiger partial charge is 0.238 e. The van der Waals surface area contributed by atoms with Crippen molar-refractivity contribution in [2.24, 2.45) is 0 Å². The van der Waals surface area contributed by atoms with E-state index in [0.29, 0.717) is 13.2 Å². The summed E-state index contributed by atoms with van der Waals surface area (Å²) in [6.07, 6.45) is 4.41. The molecule has 1 aromatic heterocycles. The molecule has 1 aromatic rings. The molecule has 1 aliphatic heterocycles. The SMILES string of the molecule is CCOCCS(=O)(=O)NCC(=O)N(Cc1ccccn1)C1CCCNCC1.Cl. The number of carbonyl (C=O) groups is 1. The fraction of sp³-hybridized carbons (Fsp3) is 0.667. The van der Waals surface area contributed by atoms with Gasteiger partial charge in [-0.25, -0.2) is 13.1 Å². The van der Waals surface area contributed by atoms with Gasteiger partial charge in [0, 0.05) is 18.8 Å². The molecule has 28 heavy (non-hydrogen) atoms. The van der Waals surface area contributed by atoms with Crippen LogP contribution in [0.1, 0.15) is 31.9 Å². The van der Waals surface area contributed by atoms with Gasteiger partial charge in [-0.05, 0) is 51.4 Å². The van der Waals surface area contributed by atoms with Crippen LogP contribution in [0.4, 0.5) is 0 Å². The number of amides is 1. The molecule has 2 N–H and O–H groups in total. The molecule has 0 radical (unpaired) electrons. The Balaban J connectivity index is 0.00000392. The standard InChI is InChI=1S/C18H30N4O4S.ClH/c1-2-26-12-13-27(24,25)21-14-18(23)22(15-16-6-3-4-10-20-16)17-7-5-9-19-11-8-17;/h3-4,6,10,17,19,21H,2,5,7-9,11-15H2,1H3;1H. The van der Waals surface area contributed by atoms with E-state index >= 15 is 0 Å². The summed E-state index contributed by atoms with van der Waals surface area (Å²) in [6, 6.07) is 5.66. The molecular formula is C18H31ClN4O4S. The van der Waals surface area contributed by atoms with Crippen molar-refractivity contribution >= 4 is 28.3 Å². The quantitative estimate of drug-likeness (QED) is 0.531. The highest BCUT2D eigenvalue weighted by atomic mass is 35.5. The van der Waals surface area contributed by atoms with Crippen LogP contribution in [0.25, 0.3) is 0 Å². The Morgan fingerprint density at radius 1 is 1.36 bits per heavy atom. The molecule has 0 aromatic carbocycles. The average Bonchev–Trinajstić information content (AvgIpc) is 2.94. The second kappa shape index (κ2) is 13.1. The normalized spacial score (nSPS) is 17.4. The van der Waals surface area contributed by atoms with Crippen LogP contribution in [-0.2, 0) is 26.1 Å². The van der Waals surface area contributed by atoms with E-state index in [4.69, 9.17) is 4.74 Å². The summed E-state index contributed by atoms with van der Waals surface area (Å²) in [4.78, 5) is 18.9. The lowest BCUT2D eigenvalue weighted by Gasteiger charge is -2.31. The highest BCUT2D eigenvalue weighted by Gasteiger charge is 2.26. The molecular weight excluding hydrogens is 404 g/mol. The number of carbonyl (C=O) groups excluding carboxylic acids is 1. The van der Waals surface area contributed by atoms with E-state index in [0.717, 1.165) is 38.0 Å². The van der Waals surface area contributed by atoms with Gasteiger partial charge in [-0.1, -0.05) is 6.07 Å². The van der Waals surface area contributed by atoms with Crippen molar-refractivity contribution in [3.05, 3.63) is 30.1 Å². The van der Waals surface area contributed by atoms with Gasteiger partial charge in [0.2, 0.25) is 15.9 Å². The second-order valence-corrected chi connectivity index (χ2v) is 8.44. The lowest BCUT2D eigenvalue weighted by atomic mass is 10.1. The molecule has 1 fully saturated rings.